The molecule has 1 unspecified atom stereocenters. The van der Waals surface area contributed by atoms with E-state index in [-0.39, 0.29) is 17.8 Å². The van der Waals surface area contributed by atoms with Crippen LogP contribution in [0.5, 0.6) is 17.2 Å². The van der Waals surface area contributed by atoms with Crippen molar-refractivity contribution in [2.75, 3.05) is 27.9 Å². The van der Waals surface area contributed by atoms with Gasteiger partial charge in [-0.15, -0.1) is 0 Å². The fourth-order valence-electron chi connectivity index (χ4n) is 4.06. The van der Waals surface area contributed by atoms with Gasteiger partial charge in [-0.3, -0.25) is 4.79 Å². The third kappa shape index (κ3) is 4.81. The fourth-order valence-corrected chi connectivity index (χ4v) is 4.06. The smallest absolute Gasteiger partial charge is 0.223 e. The second kappa shape index (κ2) is 9.63. The van der Waals surface area contributed by atoms with Crippen LogP contribution in [0.15, 0.2) is 36.4 Å². The molecule has 2 aromatic carbocycles. The summed E-state index contributed by atoms with van der Waals surface area (Å²) in [6, 6.07) is 10.5. The maximum Gasteiger partial charge on any atom is 0.223 e. The van der Waals surface area contributed by atoms with Crippen molar-refractivity contribution in [2.45, 2.75) is 38.1 Å². The first kappa shape index (κ1) is 21.0. The van der Waals surface area contributed by atoms with E-state index in [0.717, 1.165) is 30.5 Å². The first-order valence-electron chi connectivity index (χ1n) is 9.89. The van der Waals surface area contributed by atoms with Crippen molar-refractivity contribution in [3.05, 3.63) is 53.3 Å². The van der Waals surface area contributed by atoms with Gasteiger partial charge in [-0.05, 0) is 55.0 Å². The van der Waals surface area contributed by atoms with Crippen molar-refractivity contribution in [2.24, 2.45) is 0 Å². The first-order chi connectivity index (χ1) is 14.1. The second-order valence-electron chi connectivity index (χ2n) is 7.21. The van der Waals surface area contributed by atoms with Crippen LogP contribution in [-0.2, 0) is 17.6 Å². The molecule has 2 aromatic rings. The predicted molar refractivity (Wildman–Crippen MR) is 109 cm³/mol. The van der Waals surface area contributed by atoms with Crippen LogP contribution < -0.4 is 14.2 Å². The molecule has 3 rings (SSSR count). The summed E-state index contributed by atoms with van der Waals surface area (Å²) >= 11 is 0. The molecule has 6 heteroatoms. The summed E-state index contributed by atoms with van der Waals surface area (Å²) in [5.41, 5.74) is 1.83. The van der Waals surface area contributed by atoms with E-state index in [1.54, 1.807) is 33.5 Å². The number of nitrogens with zero attached hydrogens (tertiary/aromatic N) is 1. The summed E-state index contributed by atoms with van der Waals surface area (Å²) in [5.74, 6) is 1.59. The van der Waals surface area contributed by atoms with Gasteiger partial charge in [0, 0.05) is 19.0 Å². The Morgan fingerprint density at radius 2 is 1.90 bits per heavy atom. The maximum absolute atomic E-state index is 13.5. The van der Waals surface area contributed by atoms with Crippen molar-refractivity contribution >= 4 is 5.91 Å². The number of hydrogen-bond acceptors (Lipinski definition) is 4. The Bertz CT molecular complexity index is 855. The lowest BCUT2D eigenvalue weighted by Gasteiger charge is -2.25. The Hall–Kier alpha value is -2.76. The Kier molecular flexibility index (Phi) is 6.96. The van der Waals surface area contributed by atoms with Gasteiger partial charge >= 0.3 is 0 Å². The highest BCUT2D eigenvalue weighted by molar-refractivity contribution is 5.77. The highest BCUT2D eigenvalue weighted by Gasteiger charge is 2.29. The van der Waals surface area contributed by atoms with Crippen LogP contribution in [0, 0.1) is 5.82 Å². The van der Waals surface area contributed by atoms with Crippen LogP contribution in [0.2, 0.25) is 0 Å². The minimum atomic E-state index is -0.237. The minimum absolute atomic E-state index is 0.112. The molecule has 1 saturated heterocycles. The largest absolute Gasteiger partial charge is 0.493 e. The summed E-state index contributed by atoms with van der Waals surface area (Å²) in [7, 11) is 4.72. The average Bonchev–Trinajstić information content (AvgIpc) is 3.19. The van der Waals surface area contributed by atoms with Gasteiger partial charge in [-0.1, -0.05) is 18.2 Å². The van der Waals surface area contributed by atoms with E-state index in [1.807, 2.05) is 23.1 Å². The topological polar surface area (TPSA) is 48.0 Å². The van der Waals surface area contributed by atoms with Gasteiger partial charge in [-0.25, -0.2) is 4.39 Å². The van der Waals surface area contributed by atoms with Crippen molar-refractivity contribution in [3.63, 3.8) is 0 Å². The molecule has 1 heterocycles. The molecule has 5 nitrogen and oxygen atoms in total. The normalized spacial score (nSPS) is 16.0. The van der Waals surface area contributed by atoms with E-state index in [2.05, 4.69) is 0 Å². The Morgan fingerprint density at radius 1 is 1.10 bits per heavy atom. The molecule has 0 radical (unpaired) electrons. The van der Waals surface area contributed by atoms with Crippen LogP contribution in [0.3, 0.4) is 0 Å². The van der Waals surface area contributed by atoms with Crippen LogP contribution in [0.25, 0.3) is 0 Å². The molecule has 0 N–H and O–H groups in total. The summed E-state index contributed by atoms with van der Waals surface area (Å²) in [4.78, 5) is 14.9. The van der Waals surface area contributed by atoms with Gasteiger partial charge in [-0.2, -0.15) is 0 Å². The predicted octanol–water partition coefficient (Wildman–Crippen LogP) is 4.02. The molecule has 0 aliphatic carbocycles. The molecule has 0 bridgehead atoms. The van der Waals surface area contributed by atoms with E-state index in [0.29, 0.717) is 36.5 Å². The molecule has 156 valence electrons. The number of rotatable bonds is 8. The highest BCUT2D eigenvalue weighted by Crippen LogP contribution is 2.40. The lowest BCUT2D eigenvalue weighted by molar-refractivity contribution is -0.131. The monoisotopic (exact) mass is 401 g/mol. The maximum atomic E-state index is 13.5. The Balaban J connectivity index is 1.67. The van der Waals surface area contributed by atoms with E-state index >= 15 is 0 Å². The zero-order valence-electron chi connectivity index (χ0n) is 17.2. The number of likely N-dealkylation sites (tertiary alicyclic amines) is 1. The van der Waals surface area contributed by atoms with E-state index < -0.39 is 0 Å². The Labute approximate surface area is 171 Å². The van der Waals surface area contributed by atoms with Gasteiger partial charge in [0.15, 0.2) is 11.5 Å². The zero-order valence-corrected chi connectivity index (χ0v) is 17.2. The Morgan fingerprint density at radius 3 is 2.59 bits per heavy atom. The van der Waals surface area contributed by atoms with Crippen molar-refractivity contribution in [1.82, 2.24) is 4.90 Å². The highest BCUT2D eigenvalue weighted by atomic mass is 19.1. The molecule has 1 amide bonds. The lowest BCUT2D eigenvalue weighted by Crippen LogP contribution is -2.37. The van der Waals surface area contributed by atoms with Crippen molar-refractivity contribution in [3.8, 4) is 17.2 Å². The number of benzene rings is 2. The SMILES string of the molecule is COc1ccc(CCC(=O)N2CCCC2Cc2cccc(F)c2)c(OC)c1OC. The molecular weight excluding hydrogens is 373 g/mol. The van der Waals surface area contributed by atoms with E-state index in [4.69, 9.17) is 14.2 Å². The number of halogens is 1. The van der Waals surface area contributed by atoms with E-state index in [1.165, 1.54) is 6.07 Å². The molecule has 0 spiro atoms. The number of carbonyl (C=O) groups excluding carboxylic acids is 1. The number of methoxy groups -OCH3 is 3. The van der Waals surface area contributed by atoms with Crippen LogP contribution in [0.4, 0.5) is 4.39 Å². The van der Waals surface area contributed by atoms with Gasteiger partial charge < -0.3 is 19.1 Å². The van der Waals surface area contributed by atoms with Gasteiger partial charge in [0.05, 0.1) is 21.3 Å². The number of aryl methyl sites for hydroxylation is 1. The number of amides is 1. The lowest BCUT2D eigenvalue weighted by atomic mass is 10.0. The average molecular weight is 401 g/mol. The van der Waals surface area contributed by atoms with Crippen LogP contribution in [0.1, 0.15) is 30.4 Å². The summed E-state index contributed by atoms with van der Waals surface area (Å²) in [5, 5.41) is 0. The summed E-state index contributed by atoms with van der Waals surface area (Å²) in [6.45, 7) is 0.752. The molecule has 0 aromatic heterocycles. The molecule has 0 saturated carbocycles. The molecule has 29 heavy (non-hydrogen) atoms. The minimum Gasteiger partial charge on any atom is -0.493 e. The quantitative estimate of drug-likeness (QED) is 0.670. The van der Waals surface area contributed by atoms with Gasteiger partial charge in [0.2, 0.25) is 11.7 Å². The van der Waals surface area contributed by atoms with Gasteiger partial charge in [0.1, 0.15) is 5.82 Å². The van der Waals surface area contributed by atoms with E-state index in [9.17, 15) is 9.18 Å². The van der Waals surface area contributed by atoms with Crippen molar-refractivity contribution in [1.29, 1.82) is 0 Å². The molecule has 1 fully saturated rings. The fraction of sp³-hybridized carbons (Fsp3) is 0.435. The van der Waals surface area contributed by atoms with Crippen LogP contribution >= 0.6 is 0 Å². The number of carbonyl (C=O) groups is 1. The standard InChI is InChI=1S/C23H28FNO4/c1-27-20-11-9-17(22(28-2)23(20)29-3)10-12-21(26)25-13-5-8-19(25)15-16-6-4-7-18(24)14-16/h4,6-7,9,11,14,19H,5,8,10,12-13,15H2,1-3H3. The molecular formula is C23H28FNO4. The number of ether oxygens (including phenoxy) is 3. The van der Waals surface area contributed by atoms with Gasteiger partial charge in [0.25, 0.3) is 0 Å². The molecule has 1 aliphatic rings. The van der Waals surface area contributed by atoms with Crippen LogP contribution in [-0.4, -0.2) is 44.7 Å². The number of hydrogen-bond donors (Lipinski definition) is 0. The van der Waals surface area contributed by atoms with Crippen molar-refractivity contribution < 1.29 is 23.4 Å². The molecule has 1 atom stereocenters. The molecule has 1 aliphatic heterocycles. The summed E-state index contributed by atoms with van der Waals surface area (Å²) < 4.78 is 29.7. The third-order valence-electron chi connectivity index (χ3n) is 5.45. The third-order valence-corrected chi connectivity index (χ3v) is 5.45. The zero-order chi connectivity index (χ0) is 20.8. The first-order valence-corrected chi connectivity index (χ1v) is 9.89. The second-order valence-corrected chi connectivity index (χ2v) is 7.21. The summed E-state index contributed by atoms with van der Waals surface area (Å²) in [6.07, 6.45) is 3.54.